The predicted octanol–water partition coefficient (Wildman–Crippen LogP) is 1.52. The summed E-state index contributed by atoms with van der Waals surface area (Å²) in [5.41, 5.74) is 0.347. The molecule has 31 heavy (non-hydrogen) atoms. The molecular formula is C22H27N3O6. The molecule has 2 aromatic rings. The number of likely N-dealkylation sites (tertiary alicyclic amines) is 1. The highest BCUT2D eigenvalue weighted by Gasteiger charge is 2.41. The monoisotopic (exact) mass is 429 g/mol. The summed E-state index contributed by atoms with van der Waals surface area (Å²) in [5, 5.41) is 2.82. The Hall–Kier alpha value is -3.33. The Morgan fingerprint density at radius 2 is 2.00 bits per heavy atom. The number of ether oxygens (including phenoxy) is 4. The number of carbonyl (C=O) groups is 2. The molecule has 9 heteroatoms. The van der Waals surface area contributed by atoms with Crippen molar-refractivity contribution in [3.05, 3.63) is 48.3 Å². The van der Waals surface area contributed by atoms with Crippen LogP contribution in [0.2, 0.25) is 0 Å². The van der Waals surface area contributed by atoms with Gasteiger partial charge in [-0.15, -0.1) is 0 Å². The number of amides is 2. The zero-order valence-corrected chi connectivity index (χ0v) is 17.9. The van der Waals surface area contributed by atoms with Crippen LogP contribution in [0.5, 0.6) is 17.2 Å². The summed E-state index contributed by atoms with van der Waals surface area (Å²) >= 11 is 0. The van der Waals surface area contributed by atoms with Crippen LogP contribution < -0.4 is 19.5 Å². The Labute approximate surface area is 181 Å². The molecule has 2 heterocycles. The van der Waals surface area contributed by atoms with Crippen molar-refractivity contribution in [2.45, 2.75) is 18.6 Å². The number of benzene rings is 1. The molecule has 1 aliphatic rings. The van der Waals surface area contributed by atoms with Crippen molar-refractivity contribution < 1.29 is 28.5 Å². The Kier molecular flexibility index (Phi) is 7.66. The minimum atomic E-state index is -0.683. The third-order valence-corrected chi connectivity index (χ3v) is 5.01. The van der Waals surface area contributed by atoms with Gasteiger partial charge in [0.25, 0.3) is 5.91 Å². The molecule has 3 rings (SSSR count). The standard InChI is InChI=1S/C22H27N3O6/c1-28-10-9-24-21(26)19-11-17(31-16-5-4-8-23-13-16)14-25(19)22(27)18-7-6-15(29-2)12-20(18)30-3/h4-8,12-13,17,19H,9-11,14H2,1-3H3,(H,24,26)/t17-,19-/m0/s1. The molecule has 0 saturated carbocycles. The summed E-state index contributed by atoms with van der Waals surface area (Å²) in [7, 11) is 4.58. The maximum Gasteiger partial charge on any atom is 0.258 e. The number of aromatic nitrogens is 1. The van der Waals surface area contributed by atoms with Gasteiger partial charge >= 0.3 is 0 Å². The van der Waals surface area contributed by atoms with Gasteiger partial charge in [0, 0.05) is 32.3 Å². The average molecular weight is 429 g/mol. The fourth-order valence-electron chi connectivity index (χ4n) is 3.49. The van der Waals surface area contributed by atoms with Gasteiger partial charge in [0.15, 0.2) is 0 Å². The van der Waals surface area contributed by atoms with Crippen LogP contribution in [0.3, 0.4) is 0 Å². The normalized spacial score (nSPS) is 17.8. The highest BCUT2D eigenvalue weighted by molar-refractivity contribution is 6.00. The molecule has 0 aliphatic carbocycles. The van der Waals surface area contributed by atoms with Gasteiger partial charge in [-0.3, -0.25) is 14.6 Å². The van der Waals surface area contributed by atoms with Gasteiger partial charge in [-0.05, 0) is 24.3 Å². The molecule has 1 aromatic carbocycles. The van der Waals surface area contributed by atoms with E-state index in [0.29, 0.717) is 42.4 Å². The molecule has 0 spiro atoms. The Morgan fingerprint density at radius 1 is 1.16 bits per heavy atom. The Bertz CT molecular complexity index is 892. The lowest BCUT2D eigenvalue weighted by Gasteiger charge is -2.24. The number of hydrogen-bond donors (Lipinski definition) is 1. The second kappa shape index (κ2) is 10.6. The maximum absolute atomic E-state index is 13.4. The topological polar surface area (TPSA) is 99.2 Å². The summed E-state index contributed by atoms with van der Waals surface area (Å²) in [6, 6.07) is 7.83. The quantitative estimate of drug-likeness (QED) is 0.604. The second-order valence-corrected chi connectivity index (χ2v) is 6.99. The molecule has 1 aromatic heterocycles. The van der Waals surface area contributed by atoms with Gasteiger partial charge in [0.05, 0.1) is 39.1 Å². The lowest BCUT2D eigenvalue weighted by Crippen LogP contribution is -2.46. The third-order valence-electron chi connectivity index (χ3n) is 5.01. The van der Waals surface area contributed by atoms with Crippen LogP contribution in [-0.2, 0) is 9.53 Å². The third kappa shape index (κ3) is 5.43. The van der Waals surface area contributed by atoms with Gasteiger partial charge in [-0.2, -0.15) is 0 Å². The molecule has 2 atom stereocenters. The van der Waals surface area contributed by atoms with Gasteiger partial charge in [-0.25, -0.2) is 0 Å². The van der Waals surface area contributed by atoms with E-state index in [9.17, 15) is 9.59 Å². The first-order chi connectivity index (χ1) is 15.1. The molecule has 166 valence electrons. The molecule has 9 nitrogen and oxygen atoms in total. The Balaban J connectivity index is 1.83. The maximum atomic E-state index is 13.4. The van der Waals surface area contributed by atoms with Crippen molar-refractivity contribution >= 4 is 11.8 Å². The number of nitrogens with zero attached hydrogens (tertiary/aromatic N) is 2. The van der Waals surface area contributed by atoms with Crippen molar-refractivity contribution in [3.63, 3.8) is 0 Å². The van der Waals surface area contributed by atoms with Crippen molar-refractivity contribution in [1.29, 1.82) is 0 Å². The highest BCUT2D eigenvalue weighted by atomic mass is 16.5. The predicted molar refractivity (Wildman–Crippen MR) is 113 cm³/mol. The van der Waals surface area contributed by atoms with Crippen molar-refractivity contribution in [3.8, 4) is 17.2 Å². The number of rotatable bonds is 9. The zero-order chi connectivity index (χ0) is 22.2. The summed E-state index contributed by atoms with van der Waals surface area (Å²) in [5.74, 6) is 0.960. The molecule has 1 aliphatic heterocycles. The number of pyridine rings is 1. The first-order valence-electron chi connectivity index (χ1n) is 9.93. The molecule has 2 amide bonds. The van der Waals surface area contributed by atoms with Crippen LogP contribution in [0.4, 0.5) is 0 Å². The lowest BCUT2D eigenvalue weighted by atomic mass is 10.1. The van der Waals surface area contributed by atoms with Crippen molar-refractivity contribution in [2.75, 3.05) is 41.0 Å². The minimum absolute atomic E-state index is 0.254. The van der Waals surface area contributed by atoms with E-state index in [1.54, 1.807) is 49.8 Å². The van der Waals surface area contributed by atoms with E-state index >= 15 is 0 Å². The summed E-state index contributed by atoms with van der Waals surface area (Å²) in [6.07, 6.45) is 3.26. The van der Waals surface area contributed by atoms with Crippen molar-refractivity contribution in [2.24, 2.45) is 0 Å². The fraction of sp³-hybridized carbons (Fsp3) is 0.409. The number of carbonyl (C=O) groups excluding carboxylic acids is 2. The second-order valence-electron chi connectivity index (χ2n) is 6.99. The van der Waals surface area contributed by atoms with E-state index in [4.69, 9.17) is 18.9 Å². The van der Waals surface area contributed by atoms with Gasteiger partial charge < -0.3 is 29.2 Å². The van der Waals surface area contributed by atoms with Crippen LogP contribution in [-0.4, -0.2) is 74.9 Å². The number of nitrogens with one attached hydrogen (secondary N) is 1. The van der Waals surface area contributed by atoms with Gasteiger partial charge in [0.2, 0.25) is 5.91 Å². The zero-order valence-electron chi connectivity index (χ0n) is 17.9. The highest BCUT2D eigenvalue weighted by Crippen LogP contribution is 2.30. The van der Waals surface area contributed by atoms with Crippen LogP contribution in [0.15, 0.2) is 42.7 Å². The van der Waals surface area contributed by atoms with E-state index in [0.717, 1.165) is 0 Å². The summed E-state index contributed by atoms with van der Waals surface area (Å²) < 4.78 is 21.6. The van der Waals surface area contributed by atoms with E-state index in [1.807, 2.05) is 0 Å². The molecule has 0 radical (unpaired) electrons. The van der Waals surface area contributed by atoms with E-state index in [1.165, 1.54) is 19.1 Å². The van der Waals surface area contributed by atoms with Crippen LogP contribution >= 0.6 is 0 Å². The molecule has 1 fully saturated rings. The van der Waals surface area contributed by atoms with E-state index in [2.05, 4.69) is 10.3 Å². The lowest BCUT2D eigenvalue weighted by molar-refractivity contribution is -0.125. The minimum Gasteiger partial charge on any atom is -0.497 e. The van der Waals surface area contributed by atoms with Crippen LogP contribution in [0.1, 0.15) is 16.8 Å². The van der Waals surface area contributed by atoms with Crippen molar-refractivity contribution in [1.82, 2.24) is 15.2 Å². The molecular weight excluding hydrogens is 402 g/mol. The summed E-state index contributed by atoms with van der Waals surface area (Å²) in [6.45, 7) is 0.993. The van der Waals surface area contributed by atoms with E-state index < -0.39 is 6.04 Å². The van der Waals surface area contributed by atoms with Gasteiger partial charge in [0.1, 0.15) is 29.4 Å². The number of hydrogen-bond acceptors (Lipinski definition) is 7. The Morgan fingerprint density at radius 3 is 2.68 bits per heavy atom. The molecule has 1 saturated heterocycles. The first-order valence-corrected chi connectivity index (χ1v) is 9.93. The fourth-order valence-corrected chi connectivity index (χ4v) is 3.49. The average Bonchev–Trinajstić information content (AvgIpc) is 3.22. The number of methoxy groups -OCH3 is 3. The molecule has 0 bridgehead atoms. The van der Waals surface area contributed by atoms with Crippen LogP contribution in [0, 0.1) is 0 Å². The summed E-state index contributed by atoms with van der Waals surface area (Å²) in [4.78, 5) is 31.8. The SMILES string of the molecule is COCCNC(=O)[C@@H]1C[C@H](Oc2cccnc2)CN1C(=O)c1ccc(OC)cc1OC. The van der Waals surface area contributed by atoms with Gasteiger partial charge in [-0.1, -0.05) is 0 Å². The smallest absolute Gasteiger partial charge is 0.258 e. The first kappa shape index (κ1) is 22.4. The molecule has 0 unspecified atom stereocenters. The largest absolute Gasteiger partial charge is 0.497 e. The van der Waals surface area contributed by atoms with Crippen LogP contribution in [0.25, 0.3) is 0 Å². The van der Waals surface area contributed by atoms with E-state index in [-0.39, 0.29) is 24.5 Å². The molecule has 1 N–H and O–H groups in total.